The van der Waals surface area contributed by atoms with Crippen molar-refractivity contribution in [3.63, 3.8) is 0 Å². The molecule has 0 fully saturated rings. The van der Waals surface area contributed by atoms with Crippen molar-refractivity contribution in [1.29, 1.82) is 0 Å². The van der Waals surface area contributed by atoms with Crippen molar-refractivity contribution in [2.24, 2.45) is 0 Å². The maximum Gasteiger partial charge on any atom is 0.136 e. The van der Waals surface area contributed by atoms with E-state index in [4.69, 9.17) is 4.42 Å². The second-order valence-corrected chi connectivity index (χ2v) is 15.5. The van der Waals surface area contributed by atoms with Gasteiger partial charge in [-0.2, -0.15) is 0 Å². The van der Waals surface area contributed by atoms with Crippen LogP contribution in [0.25, 0.3) is 98.8 Å². The van der Waals surface area contributed by atoms with E-state index in [2.05, 4.69) is 194 Å². The van der Waals surface area contributed by atoms with Gasteiger partial charge >= 0.3 is 0 Å². The fourth-order valence-electron chi connectivity index (χ4n) is 10.5. The van der Waals surface area contributed by atoms with Crippen molar-refractivity contribution in [3.8, 4) is 44.5 Å². The van der Waals surface area contributed by atoms with Gasteiger partial charge < -0.3 is 4.42 Å². The average Bonchev–Trinajstić information content (AvgIpc) is 3.87. The summed E-state index contributed by atoms with van der Waals surface area (Å²) in [6.07, 6.45) is 0. The first-order chi connectivity index (χ1) is 27.8. The van der Waals surface area contributed by atoms with Gasteiger partial charge in [-0.1, -0.05) is 158 Å². The Hall–Kier alpha value is -7.22. The lowest BCUT2D eigenvalue weighted by molar-refractivity contribution is 0.669. The van der Waals surface area contributed by atoms with E-state index in [1.807, 2.05) is 0 Å². The number of fused-ring (bicyclic) bond motifs is 16. The second-order valence-electron chi connectivity index (χ2n) is 15.5. The molecule has 1 aromatic heterocycles. The van der Waals surface area contributed by atoms with Crippen molar-refractivity contribution >= 4 is 54.3 Å². The summed E-state index contributed by atoms with van der Waals surface area (Å²) in [5, 5.41) is 9.74. The van der Waals surface area contributed by atoms with E-state index in [0.717, 1.165) is 21.9 Å². The molecule has 1 spiro atoms. The Bertz CT molecular complexity index is 3440. The summed E-state index contributed by atoms with van der Waals surface area (Å²) >= 11 is 0. The Morgan fingerprint density at radius 2 is 0.929 bits per heavy atom. The minimum absolute atomic E-state index is 0.508. The Morgan fingerprint density at radius 3 is 1.71 bits per heavy atom. The molecule has 0 N–H and O–H groups in total. The molecule has 1 heterocycles. The van der Waals surface area contributed by atoms with Gasteiger partial charge in [-0.15, -0.1) is 0 Å². The molecule has 56 heavy (non-hydrogen) atoms. The van der Waals surface area contributed by atoms with E-state index in [1.165, 1.54) is 99.1 Å². The predicted molar refractivity (Wildman–Crippen MR) is 233 cm³/mol. The normalized spacial score (nSPS) is 13.5. The Morgan fingerprint density at radius 1 is 0.304 bits per heavy atom. The molecule has 10 aromatic carbocycles. The van der Waals surface area contributed by atoms with Crippen LogP contribution in [-0.4, -0.2) is 0 Å². The Kier molecular flexibility index (Phi) is 5.89. The zero-order valence-corrected chi connectivity index (χ0v) is 30.4. The second kappa shape index (κ2) is 10.9. The van der Waals surface area contributed by atoms with Gasteiger partial charge in [0, 0.05) is 10.8 Å². The van der Waals surface area contributed by atoms with Crippen molar-refractivity contribution < 1.29 is 4.42 Å². The zero-order chi connectivity index (χ0) is 36.5. The molecule has 0 unspecified atom stereocenters. The highest BCUT2D eigenvalue weighted by molar-refractivity contribution is 6.16. The molecule has 0 radical (unpaired) electrons. The topological polar surface area (TPSA) is 13.1 Å². The molecule has 2 aliphatic rings. The van der Waals surface area contributed by atoms with Crippen LogP contribution >= 0.6 is 0 Å². The third-order valence-corrected chi connectivity index (χ3v) is 12.8. The van der Waals surface area contributed by atoms with Gasteiger partial charge in [0.1, 0.15) is 11.2 Å². The Labute approximate surface area is 323 Å². The quantitative estimate of drug-likeness (QED) is 0.174. The van der Waals surface area contributed by atoms with Gasteiger partial charge in [-0.3, -0.25) is 0 Å². The molecule has 2 aliphatic carbocycles. The number of rotatable bonds is 2. The fourth-order valence-corrected chi connectivity index (χ4v) is 10.5. The van der Waals surface area contributed by atoms with E-state index in [0.29, 0.717) is 0 Å². The molecule has 258 valence electrons. The molecule has 0 aliphatic heterocycles. The fraction of sp³-hybridized carbons (Fsp3) is 0.0182. The average molecular weight is 709 g/mol. The standard InChI is InChI=1S/C55H32O/c1-2-13-34-28-39(25-24-33(34)12-1)52-40-17-6-5-16-37(40)31-49-54(52)44-27-26-38(30-48(44)55(49)46-21-9-7-18-42(46)43-19-8-10-22-47(43)55)41-20-11-23-50-53(41)45-29-35-14-3-4-15-36(35)32-51(45)56-50/h1-32H. The van der Waals surface area contributed by atoms with Crippen LogP contribution in [0.5, 0.6) is 0 Å². The van der Waals surface area contributed by atoms with Crippen LogP contribution in [0.3, 0.4) is 0 Å². The van der Waals surface area contributed by atoms with Crippen LogP contribution in [0.1, 0.15) is 22.3 Å². The van der Waals surface area contributed by atoms with Crippen molar-refractivity contribution in [1.82, 2.24) is 0 Å². The lowest BCUT2D eigenvalue weighted by Gasteiger charge is -2.31. The van der Waals surface area contributed by atoms with Crippen LogP contribution in [0.2, 0.25) is 0 Å². The van der Waals surface area contributed by atoms with Crippen molar-refractivity contribution in [2.75, 3.05) is 0 Å². The highest BCUT2D eigenvalue weighted by Crippen LogP contribution is 2.65. The van der Waals surface area contributed by atoms with Crippen LogP contribution in [0.4, 0.5) is 0 Å². The smallest absolute Gasteiger partial charge is 0.136 e. The van der Waals surface area contributed by atoms with E-state index >= 15 is 0 Å². The third-order valence-electron chi connectivity index (χ3n) is 12.8. The Balaban J connectivity index is 1.17. The summed E-state index contributed by atoms with van der Waals surface area (Å²) in [7, 11) is 0. The van der Waals surface area contributed by atoms with Crippen LogP contribution in [-0.2, 0) is 5.41 Å². The van der Waals surface area contributed by atoms with Gasteiger partial charge in [0.05, 0.1) is 5.41 Å². The highest BCUT2D eigenvalue weighted by Gasteiger charge is 2.52. The van der Waals surface area contributed by atoms with Gasteiger partial charge in [-0.25, -0.2) is 0 Å². The number of hydrogen-bond donors (Lipinski definition) is 0. The number of furan rings is 1. The molecule has 1 nitrogen and oxygen atoms in total. The van der Waals surface area contributed by atoms with E-state index < -0.39 is 5.41 Å². The van der Waals surface area contributed by atoms with E-state index in [1.54, 1.807) is 0 Å². The van der Waals surface area contributed by atoms with Crippen molar-refractivity contribution in [2.45, 2.75) is 5.41 Å². The molecule has 13 rings (SSSR count). The van der Waals surface area contributed by atoms with Gasteiger partial charge in [0.2, 0.25) is 0 Å². The van der Waals surface area contributed by atoms with E-state index in [9.17, 15) is 0 Å². The lowest BCUT2D eigenvalue weighted by atomic mass is 9.69. The molecule has 0 saturated carbocycles. The maximum atomic E-state index is 6.59. The summed E-state index contributed by atoms with van der Waals surface area (Å²) in [5.74, 6) is 0. The SMILES string of the molecule is c1ccc2c(c1)-c1ccccc1C21c2cc(-c3cccc4oc5cc6ccccc6cc5c34)ccc2-c2c1cc1ccccc1c2-c1ccc2ccccc2c1. The summed E-state index contributed by atoms with van der Waals surface area (Å²) in [5.41, 5.74) is 16.8. The van der Waals surface area contributed by atoms with Gasteiger partial charge in [0.25, 0.3) is 0 Å². The minimum Gasteiger partial charge on any atom is -0.456 e. The summed E-state index contributed by atoms with van der Waals surface area (Å²) in [6.45, 7) is 0. The van der Waals surface area contributed by atoms with Crippen LogP contribution < -0.4 is 0 Å². The van der Waals surface area contributed by atoms with Crippen molar-refractivity contribution in [3.05, 3.63) is 216 Å². The third kappa shape index (κ3) is 3.84. The summed E-state index contributed by atoms with van der Waals surface area (Å²) < 4.78 is 6.59. The maximum absolute atomic E-state index is 6.59. The monoisotopic (exact) mass is 708 g/mol. The zero-order valence-electron chi connectivity index (χ0n) is 30.4. The molecule has 0 amide bonds. The summed E-state index contributed by atoms with van der Waals surface area (Å²) in [4.78, 5) is 0. The molecule has 0 saturated heterocycles. The number of hydrogen-bond acceptors (Lipinski definition) is 1. The predicted octanol–water partition coefficient (Wildman–Crippen LogP) is 14.7. The minimum atomic E-state index is -0.508. The van der Waals surface area contributed by atoms with Gasteiger partial charge in [0.15, 0.2) is 0 Å². The first kappa shape index (κ1) is 30.1. The van der Waals surface area contributed by atoms with Crippen LogP contribution in [0, 0.1) is 0 Å². The lowest BCUT2D eigenvalue weighted by Crippen LogP contribution is -2.26. The van der Waals surface area contributed by atoms with Gasteiger partial charge in [-0.05, 0) is 135 Å². The highest BCUT2D eigenvalue weighted by atomic mass is 16.3. The molecule has 0 bridgehead atoms. The molecule has 0 atom stereocenters. The molecule has 11 aromatic rings. The molecule has 1 heteroatoms. The molecular formula is C55H32O. The number of benzene rings is 10. The van der Waals surface area contributed by atoms with E-state index in [-0.39, 0.29) is 0 Å². The summed E-state index contributed by atoms with van der Waals surface area (Å²) in [6, 6.07) is 72.3. The first-order valence-electron chi connectivity index (χ1n) is 19.5. The molecular weight excluding hydrogens is 677 g/mol. The largest absolute Gasteiger partial charge is 0.456 e. The van der Waals surface area contributed by atoms with Crippen LogP contribution in [0.15, 0.2) is 199 Å². The first-order valence-corrected chi connectivity index (χ1v) is 19.5.